The Bertz CT molecular complexity index is 1050. The van der Waals surface area contributed by atoms with Crippen LogP contribution in [0, 0.1) is 0 Å². The van der Waals surface area contributed by atoms with Crippen molar-refractivity contribution in [3.05, 3.63) is 64.7 Å². The molecule has 30 heavy (non-hydrogen) atoms. The number of carbonyl (C=O) groups is 4. The zero-order chi connectivity index (χ0) is 21.4. The summed E-state index contributed by atoms with van der Waals surface area (Å²) in [5, 5.41) is 5.46. The zero-order valence-electron chi connectivity index (χ0n) is 16.5. The van der Waals surface area contributed by atoms with Gasteiger partial charge in [0.05, 0.1) is 11.1 Å². The van der Waals surface area contributed by atoms with Crippen LogP contribution in [0.4, 0.5) is 5.69 Å². The third kappa shape index (κ3) is 3.46. The highest BCUT2D eigenvalue weighted by Crippen LogP contribution is 2.30. The van der Waals surface area contributed by atoms with Crippen LogP contribution in [0.3, 0.4) is 0 Å². The Kier molecular flexibility index (Phi) is 5.09. The quantitative estimate of drug-likeness (QED) is 0.650. The normalized spacial score (nSPS) is 19.5. The Hall–Kier alpha value is -3.52. The molecule has 1 fully saturated rings. The summed E-state index contributed by atoms with van der Waals surface area (Å²) in [4.78, 5) is 50.5. The van der Waals surface area contributed by atoms with Gasteiger partial charge in [-0.05, 0) is 42.7 Å². The topological polar surface area (TPSA) is 122 Å². The van der Waals surface area contributed by atoms with Gasteiger partial charge in [-0.25, -0.2) is 0 Å². The summed E-state index contributed by atoms with van der Waals surface area (Å²) in [6.07, 6.45) is 0.227. The van der Waals surface area contributed by atoms with Crippen LogP contribution in [0.2, 0.25) is 0 Å². The van der Waals surface area contributed by atoms with E-state index in [9.17, 15) is 19.2 Å². The molecule has 2 aromatic carbocycles. The molecule has 0 spiro atoms. The Labute approximate surface area is 173 Å². The Morgan fingerprint density at radius 1 is 1.10 bits per heavy atom. The molecule has 0 aromatic heterocycles. The predicted octanol–water partition coefficient (Wildman–Crippen LogP) is 1.72. The molecule has 2 unspecified atom stereocenters. The molecule has 0 bridgehead atoms. The van der Waals surface area contributed by atoms with Crippen molar-refractivity contribution >= 4 is 29.3 Å². The maximum Gasteiger partial charge on any atom is 0.262 e. The van der Waals surface area contributed by atoms with Gasteiger partial charge in [0.25, 0.3) is 11.8 Å². The molecule has 2 aromatic rings. The smallest absolute Gasteiger partial charge is 0.262 e. The Morgan fingerprint density at radius 3 is 2.50 bits per heavy atom. The number of carbonyl (C=O) groups excluding carboxylic acids is 4. The fourth-order valence-corrected chi connectivity index (χ4v) is 3.83. The summed E-state index contributed by atoms with van der Waals surface area (Å²) in [6, 6.07) is 11.7. The molecule has 2 aliphatic heterocycles. The number of rotatable bonds is 5. The van der Waals surface area contributed by atoms with Gasteiger partial charge in [0.15, 0.2) is 0 Å². The number of benzene rings is 2. The number of anilines is 1. The SMILES string of the molecule is CC(N)c1ccc(NCc2cccc3c2C(=O)N(C2CCC(=O)NC2=O)C3=O)cc1. The summed E-state index contributed by atoms with van der Waals surface area (Å²) in [7, 11) is 0. The predicted molar refractivity (Wildman–Crippen MR) is 109 cm³/mol. The third-order valence-corrected chi connectivity index (χ3v) is 5.47. The Morgan fingerprint density at radius 2 is 1.83 bits per heavy atom. The van der Waals surface area contributed by atoms with Crippen LogP contribution in [-0.4, -0.2) is 34.6 Å². The molecule has 4 N–H and O–H groups in total. The van der Waals surface area contributed by atoms with Gasteiger partial charge in [0.2, 0.25) is 11.8 Å². The molecule has 0 aliphatic carbocycles. The van der Waals surface area contributed by atoms with Gasteiger partial charge in [-0.2, -0.15) is 0 Å². The highest BCUT2D eigenvalue weighted by Gasteiger charge is 2.45. The van der Waals surface area contributed by atoms with E-state index < -0.39 is 29.7 Å². The molecule has 2 heterocycles. The van der Waals surface area contributed by atoms with Gasteiger partial charge < -0.3 is 11.1 Å². The molecule has 1 saturated heterocycles. The summed E-state index contributed by atoms with van der Waals surface area (Å²) >= 11 is 0. The van der Waals surface area contributed by atoms with Crippen LogP contribution < -0.4 is 16.4 Å². The summed E-state index contributed by atoms with van der Waals surface area (Å²) in [5.74, 6) is -2.02. The number of nitrogens with one attached hydrogen (secondary N) is 2. The molecule has 2 atom stereocenters. The molecule has 8 nitrogen and oxygen atoms in total. The van der Waals surface area contributed by atoms with Crippen molar-refractivity contribution in [2.45, 2.75) is 38.4 Å². The summed E-state index contributed by atoms with van der Waals surface area (Å²) in [6.45, 7) is 2.25. The number of amides is 4. The largest absolute Gasteiger partial charge is 0.381 e. The van der Waals surface area contributed by atoms with E-state index in [1.165, 1.54) is 0 Å². The molecule has 8 heteroatoms. The maximum absolute atomic E-state index is 13.1. The minimum Gasteiger partial charge on any atom is -0.381 e. The number of piperidine rings is 1. The number of imide groups is 2. The second-order valence-electron chi connectivity index (χ2n) is 7.55. The van der Waals surface area contributed by atoms with E-state index >= 15 is 0 Å². The molecule has 4 rings (SSSR count). The second kappa shape index (κ2) is 7.72. The van der Waals surface area contributed by atoms with Crippen molar-refractivity contribution < 1.29 is 19.2 Å². The summed E-state index contributed by atoms with van der Waals surface area (Å²) < 4.78 is 0. The zero-order valence-corrected chi connectivity index (χ0v) is 16.5. The van der Waals surface area contributed by atoms with E-state index in [-0.39, 0.29) is 24.4 Å². The van der Waals surface area contributed by atoms with E-state index in [0.29, 0.717) is 17.7 Å². The minimum atomic E-state index is -0.971. The van der Waals surface area contributed by atoms with Gasteiger partial charge in [-0.1, -0.05) is 24.3 Å². The van der Waals surface area contributed by atoms with Crippen LogP contribution in [0.25, 0.3) is 0 Å². The highest BCUT2D eigenvalue weighted by atomic mass is 16.2. The number of hydrogen-bond donors (Lipinski definition) is 3. The lowest BCUT2D eigenvalue weighted by atomic mass is 10.0. The van der Waals surface area contributed by atoms with E-state index in [0.717, 1.165) is 16.2 Å². The average molecular weight is 406 g/mol. The molecule has 154 valence electrons. The van der Waals surface area contributed by atoms with Gasteiger partial charge in [-0.15, -0.1) is 0 Å². The van der Waals surface area contributed by atoms with E-state index in [4.69, 9.17) is 5.73 Å². The fourth-order valence-electron chi connectivity index (χ4n) is 3.83. The lowest BCUT2D eigenvalue weighted by Gasteiger charge is -2.27. The van der Waals surface area contributed by atoms with Crippen molar-refractivity contribution in [2.75, 3.05) is 5.32 Å². The van der Waals surface area contributed by atoms with Gasteiger partial charge in [0, 0.05) is 24.7 Å². The van der Waals surface area contributed by atoms with Crippen LogP contribution in [0.15, 0.2) is 42.5 Å². The van der Waals surface area contributed by atoms with Crippen LogP contribution in [0.1, 0.15) is 57.7 Å². The van der Waals surface area contributed by atoms with Crippen LogP contribution in [0.5, 0.6) is 0 Å². The van der Waals surface area contributed by atoms with Crippen molar-refractivity contribution in [1.29, 1.82) is 0 Å². The minimum absolute atomic E-state index is 0.0571. The first-order valence-electron chi connectivity index (χ1n) is 9.79. The second-order valence-corrected chi connectivity index (χ2v) is 7.55. The van der Waals surface area contributed by atoms with Crippen molar-refractivity contribution in [3.63, 3.8) is 0 Å². The number of nitrogens with two attached hydrogens (primary N) is 1. The van der Waals surface area contributed by atoms with Crippen molar-refractivity contribution in [3.8, 4) is 0 Å². The fraction of sp³-hybridized carbons (Fsp3) is 0.273. The monoisotopic (exact) mass is 406 g/mol. The Balaban J connectivity index is 1.55. The molecule has 4 amide bonds. The lowest BCUT2D eigenvalue weighted by molar-refractivity contribution is -0.136. The van der Waals surface area contributed by atoms with Gasteiger partial charge in [-0.3, -0.25) is 29.4 Å². The molecular formula is C22H22N4O4. The highest BCUT2D eigenvalue weighted by molar-refractivity contribution is 6.24. The van der Waals surface area contributed by atoms with Crippen molar-refractivity contribution in [1.82, 2.24) is 10.2 Å². The third-order valence-electron chi connectivity index (χ3n) is 5.47. The first kappa shape index (κ1) is 19.8. The van der Waals surface area contributed by atoms with Crippen LogP contribution >= 0.6 is 0 Å². The maximum atomic E-state index is 13.1. The van der Waals surface area contributed by atoms with Crippen molar-refractivity contribution in [2.24, 2.45) is 5.73 Å². The number of nitrogens with zero attached hydrogens (tertiary/aromatic N) is 1. The molecule has 0 saturated carbocycles. The number of hydrogen-bond acceptors (Lipinski definition) is 6. The average Bonchev–Trinajstić information content (AvgIpc) is 2.98. The van der Waals surface area contributed by atoms with E-state index in [1.807, 2.05) is 31.2 Å². The molecule has 0 radical (unpaired) electrons. The molecular weight excluding hydrogens is 384 g/mol. The van der Waals surface area contributed by atoms with E-state index in [2.05, 4.69) is 10.6 Å². The van der Waals surface area contributed by atoms with Gasteiger partial charge >= 0.3 is 0 Å². The lowest BCUT2D eigenvalue weighted by Crippen LogP contribution is -2.54. The van der Waals surface area contributed by atoms with Crippen LogP contribution in [-0.2, 0) is 16.1 Å². The van der Waals surface area contributed by atoms with E-state index in [1.54, 1.807) is 18.2 Å². The summed E-state index contributed by atoms with van der Waals surface area (Å²) in [5.41, 5.74) is 8.98. The first-order chi connectivity index (χ1) is 14.4. The standard InChI is InChI=1S/C22H22N4O4/c1-12(23)13-5-7-15(8-6-13)24-11-14-3-2-4-16-19(14)22(30)26(21(16)29)17-9-10-18(27)25-20(17)28/h2-8,12,17,24H,9-11,23H2,1H3,(H,25,27,28). The van der Waals surface area contributed by atoms with Gasteiger partial charge in [0.1, 0.15) is 6.04 Å². The molecule has 2 aliphatic rings. The first-order valence-corrected chi connectivity index (χ1v) is 9.79. The number of fused-ring (bicyclic) bond motifs is 1.